The summed E-state index contributed by atoms with van der Waals surface area (Å²) >= 11 is 0. The van der Waals surface area contributed by atoms with E-state index in [-0.39, 0.29) is 22.6 Å². The number of hydrogen-bond donors (Lipinski definition) is 2. The molecule has 0 bridgehead atoms. The number of carbonyl (C=O) groups excluding carboxylic acids is 1. The molecule has 30 heavy (non-hydrogen) atoms. The number of nitrogens with zero attached hydrogens (tertiary/aromatic N) is 2. The van der Waals surface area contributed by atoms with Gasteiger partial charge >= 0.3 is 5.69 Å². The molecular weight excluding hydrogens is 396 g/mol. The Kier molecular flexibility index (Phi) is 6.99. The van der Waals surface area contributed by atoms with E-state index in [1.165, 1.54) is 37.5 Å². The lowest BCUT2D eigenvalue weighted by Crippen LogP contribution is -1.99. The van der Waals surface area contributed by atoms with E-state index in [0.717, 1.165) is 12.1 Å². The molecule has 0 spiro atoms. The molecule has 10 heteroatoms. The van der Waals surface area contributed by atoms with Gasteiger partial charge < -0.3 is 14.9 Å². The number of nitro groups is 2. The van der Waals surface area contributed by atoms with Crippen LogP contribution >= 0.6 is 0 Å². The summed E-state index contributed by atoms with van der Waals surface area (Å²) in [5, 5.41) is 41.2. The van der Waals surface area contributed by atoms with Gasteiger partial charge in [-0.3, -0.25) is 25.0 Å². The second-order valence-corrected chi connectivity index (χ2v) is 6.17. The fraction of sp³-hybridized carbons (Fsp3) is 0.150. The summed E-state index contributed by atoms with van der Waals surface area (Å²) in [7, 11) is 1.24. The maximum absolute atomic E-state index is 12.1. The first-order chi connectivity index (χ1) is 14.2. The quantitative estimate of drug-likeness (QED) is 0.379. The molecule has 0 unspecified atom stereocenters. The van der Waals surface area contributed by atoms with Crippen molar-refractivity contribution in [3.05, 3.63) is 78.9 Å². The van der Waals surface area contributed by atoms with Crippen LogP contribution < -0.4 is 4.74 Å². The highest BCUT2D eigenvalue weighted by Crippen LogP contribution is 2.37. The minimum Gasteiger partial charge on any atom is -0.500 e. The molecule has 0 aliphatic rings. The van der Waals surface area contributed by atoms with Crippen LogP contribution in [0.2, 0.25) is 0 Å². The zero-order chi connectivity index (χ0) is 22.4. The van der Waals surface area contributed by atoms with Crippen molar-refractivity contribution in [3.63, 3.8) is 0 Å². The van der Waals surface area contributed by atoms with Gasteiger partial charge in [0, 0.05) is 12.1 Å². The third kappa shape index (κ3) is 5.06. The van der Waals surface area contributed by atoms with Crippen molar-refractivity contribution in [1.29, 1.82) is 0 Å². The second kappa shape index (κ2) is 9.43. The van der Waals surface area contributed by atoms with Crippen LogP contribution in [0.5, 0.6) is 11.5 Å². The number of aryl methyl sites for hydroxylation is 1. The number of rotatable bonds is 8. The van der Waals surface area contributed by atoms with E-state index in [2.05, 4.69) is 0 Å². The molecular formula is C20H18N2O8. The van der Waals surface area contributed by atoms with Gasteiger partial charge in [-0.15, -0.1) is 0 Å². The minimum absolute atomic E-state index is 0.112. The Morgan fingerprint density at radius 2 is 1.57 bits per heavy atom. The normalized spacial score (nSPS) is 11.2. The standard InChI is InChI=1S/C20H18N2O8/c1-12-7-13(8-17(21(26)27)16(12)11-23)3-5-15(24)6-4-14-9-18(22(28)29)20(25)19(10-14)30-2/h3-10,23,25H,11H2,1-2H3/b5-3+,6-4+. The summed E-state index contributed by atoms with van der Waals surface area (Å²) in [6, 6.07) is 5.27. The van der Waals surface area contributed by atoms with Gasteiger partial charge in [-0.25, -0.2) is 0 Å². The van der Waals surface area contributed by atoms with Crippen LogP contribution in [0.25, 0.3) is 12.2 Å². The van der Waals surface area contributed by atoms with Crippen molar-refractivity contribution in [1.82, 2.24) is 0 Å². The molecule has 2 aromatic rings. The smallest absolute Gasteiger partial charge is 0.315 e. The molecule has 0 fully saturated rings. The number of ketones is 1. The molecule has 0 saturated heterocycles. The molecule has 0 aliphatic heterocycles. The van der Waals surface area contributed by atoms with Crippen molar-refractivity contribution < 1.29 is 29.6 Å². The summed E-state index contributed by atoms with van der Waals surface area (Å²) in [6.07, 6.45) is 5.02. The van der Waals surface area contributed by atoms with Gasteiger partial charge in [0.05, 0.1) is 29.1 Å². The van der Waals surface area contributed by atoms with E-state index >= 15 is 0 Å². The number of hydrogen-bond acceptors (Lipinski definition) is 8. The molecule has 0 aromatic heterocycles. The Balaban J connectivity index is 2.27. The van der Waals surface area contributed by atoms with Crippen molar-refractivity contribution in [3.8, 4) is 11.5 Å². The molecule has 2 N–H and O–H groups in total. The van der Waals surface area contributed by atoms with Crippen LogP contribution in [-0.2, 0) is 11.4 Å². The number of methoxy groups -OCH3 is 1. The van der Waals surface area contributed by atoms with E-state index in [0.29, 0.717) is 11.1 Å². The number of aliphatic hydroxyl groups is 1. The Morgan fingerprint density at radius 1 is 1.03 bits per heavy atom. The van der Waals surface area contributed by atoms with Crippen LogP contribution in [0.15, 0.2) is 36.4 Å². The lowest BCUT2D eigenvalue weighted by atomic mass is 10.0. The molecule has 0 atom stereocenters. The van der Waals surface area contributed by atoms with Gasteiger partial charge in [-0.2, -0.15) is 0 Å². The van der Waals surface area contributed by atoms with Crippen molar-refractivity contribution in [2.45, 2.75) is 13.5 Å². The second-order valence-electron chi connectivity index (χ2n) is 6.17. The van der Waals surface area contributed by atoms with Crippen molar-refractivity contribution in [2.75, 3.05) is 7.11 Å². The minimum atomic E-state index is -0.776. The van der Waals surface area contributed by atoms with Crippen molar-refractivity contribution >= 4 is 29.3 Å². The zero-order valence-electron chi connectivity index (χ0n) is 16.1. The number of aromatic hydroxyl groups is 1. The number of phenols is 1. The number of aliphatic hydroxyl groups excluding tert-OH is 1. The van der Waals surface area contributed by atoms with Crippen LogP contribution in [0.1, 0.15) is 22.3 Å². The summed E-state index contributed by atoms with van der Waals surface area (Å²) in [5.74, 6) is -1.20. The first-order valence-electron chi connectivity index (χ1n) is 8.52. The zero-order valence-corrected chi connectivity index (χ0v) is 16.1. The first kappa shape index (κ1) is 22.2. The van der Waals surface area contributed by atoms with Gasteiger partial charge in [0.15, 0.2) is 11.5 Å². The largest absolute Gasteiger partial charge is 0.500 e. The molecule has 0 amide bonds. The van der Waals surface area contributed by atoms with E-state index in [1.807, 2.05) is 0 Å². The Hall–Kier alpha value is -4.05. The average molecular weight is 414 g/mol. The molecule has 0 heterocycles. The summed E-state index contributed by atoms with van der Waals surface area (Å²) in [4.78, 5) is 32.9. The first-order valence-corrected chi connectivity index (χ1v) is 8.52. The predicted molar refractivity (Wildman–Crippen MR) is 108 cm³/mol. The van der Waals surface area contributed by atoms with Gasteiger partial charge in [0.2, 0.25) is 5.75 Å². The average Bonchev–Trinajstić information content (AvgIpc) is 2.70. The molecule has 0 radical (unpaired) electrons. The molecule has 0 aliphatic carbocycles. The van der Waals surface area contributed by atoms with Gasteiger partial charge in [-0.1, -0.05) is 18.2 Å². The highest BCUT2D eigenvalue weighted by Gasteiger charge is 2.19. The van der Waals surface area contributed by atoms with Crippen LogP contribution in [0.3, 0.4) is 0 Å². The van der Waals surface area contributed by atoms with Gasteiger partial charge in [-0.05, 0) is 41.8 Å². The number of phenolic OH excluding ortho intramolecular Hbond substituents is 1. The topological polar surface area (TPSA) is 153 Å². The number of ether oxygens (including phenoxy) is 1. The fourth-order valence-corrected chi connectivity index (χ4v) is 2.71. The highest BCUT2D eigenvalue weighted by molar-refractivity contribution is 6.04. The monoisotopic (exact) mass is 414 g/mol. The van der Waals surface area contributed by atoms with Crippen LogP contribution in [0, 0.1) is 27.2 Å². The lowest BCUT2D eigenvalue weighted by molar-refractivity contribution is -0.386. The summed E-state index contributed by atoms with van der Waals surface area (Å²) < 4.78 is 4.89. The predicted octanol–water partition coefficient (Wildman–Crippen LogP) is 3.31. The maximum atomic E-state index is 12.1. The van der Waals surface area contributed by atoms with Crippen LogP contribution in [0.4, 0.5) is 11.4 Å². The molecule has 156 valence electrons. The van der Waals surface area contributed by atoms with Crippen molar-refractivity contribution in [2.24, 2.45) is 0 Å². The molecule has 0 saturated carbocycles. The highest BCUT2D eigenvalue weighted by atomic mass is 16.6. The maximum Gasteiger partial charge on any atom is 0.315 e. The fourth-order valence-electron chi connectivity index (χ4n) is 2.71. The van der Waals surface area contributed by atoms with Gasteiger partial charge in [0.25, 0.3) is 5.69 Å². The summed E-state index contributed by atoms with van der Waals surface area (Å²) in [5.41, 5.74) is 0.563. The number of nitro benzene ring substituents is 2. The van der Waals surface area contributed by atoms with E-state index < -0.39 is 33.7 Å². The summed E-state index contributed by atoms with van der Waals surface area (Å²) in [6.45, 7) is 1.14. The van der Waals surface area contributed by atoms with Crippen LogP contribution in [-0.4, -0.2) is 33.0 Å². The Labute approximate surface area is 170 Å². The number of allylic oxidation sites excluding steroid dienone is 2. The Morgan fingerprint density at radius 3 is 2.07 bits per heavy atom. The number of benzene rings is 2. The SMILES string of the molecule is COc1cc(/C=C/C(=O)/C=C/c2cc(C)c(CO)c([N+](=O)[O-])c2)cc([N+](=O)[O-])c1O. The molecule has 2 rings (SSSR count). The Bertz CT molecular complexity index is 1070. The molecule has 2 aromatic carbocycles. The van der Waals surface area contributed by atoms with Gasteiger partial charge in [0.1, 0.15) is 0 Å². The van der Waals surface area contributed by atoms with E-state index in [4.69, 9.17) is 4.74 Å². The lowest BCUT2D eigenvalue weighted by Gasteiger charge is -2.05. The molecule has 10 nitrogen and oxygen atoms in total. The third-order valence-electron chi connectivity index (χ3n) is 4.20. The third-order valence-corrected chi connectivity index (χ3v) is 4.20. The van der Waals surface area contributed by atoms with E-state index in [1.54, 1.807) is 13.0 Å². The van der Waals surface area contributed by atoms with E-state index in [9.17, 15) is 35.2 Å². The number of carbonyl (C=O) groups is 1.